The molecular weight excluding hydrogens is 382 g/mol. The van der Waals surface area contributed by atoms with Gasteiger partial charge in [-0.05, 0) is 48.4 Å². The number of hydrogen-bond donors (Lipinski definition) is 2. The van der Waals surface area contributed by atoms with E-state index in [2.05, 4.69) is 10.6 Å². The lowest BCUT2D eigenvalue weighted by Gasteiger charge is -2.14. The third kappa shape index (κ3) is 6.67. The number of methoxy groups -OCH3 is 1. The van der Waals surface area contributed by atoms with Gasteiger partial charge in [0, 0.05) is 18.2 Å². The molecule has 0 bridgehead atoms. The van der Waals surface area contributed by atoms with Crippen LogP contribution in [0, 0.1) is 11.3 Å². The average Bonchev–Trinajstić information content (AvgIpc) is 2.76. The Morgan fingerprint density at radius 1 is 1.17 bits per heavy atom. The predicted molar refractivity (Wildman–Crippen MR) is 115 cm³/mol. The SMILES string of the molecule is CCC(=O)Nc1ccc(C(C)NC(=O)/C=C/c2ccc(OCC#N)c(OC)c2)cc1. The van der Waals surface area contributed by atoms with Crippen molar-refractivity contribution in [1.29, 1.82) is 5.26 Å². The number of amides is 2. The van der Waals surface area contributed by atoms with E-state index in [-0.39, 0.29) is 24.5 Å². The summed E-state index contributed by atoms with van der Waals surface area (Å²) in [6.07, 6.45) is 3.53. The van der Waals surface area contributed by atoms with Crippen molar-refractivity contribution in [1.82, 2.24) is 5.32 Å². The monoisotopic (exact) mass is 407 g/mol. The molecule has 0 aliphatic rings. The number of hydrogen-bond acceptors (Lipinski definition) is 5. The van der Waals surface area contributed by atoms with Crippen LogP contribution in [0.3, 0.4) is 0 Å². The maximum Gasteiger partial charge on any atom is 0.244 e. The fourth-order valence-corrected chi connectivity index (χ4v) is 2.64. The van der Waals surface area contributed by atoms with Crippen molar-refractivity contribution in [3.8, 4) is 17.6 Å². The zero-order valence-electron chi connectivity index (χ0n) is 17.3. The second-order valence-electron chi connectivity index (χ2n) is 6.44. The Labute approximate surface area is 176 Å². The fourth-order valence-electron chi connectivity index (χ4n) is 2.64. The summed E-state index contributed by atoms with van der Waals surface area (Å²) < 4.78 is 10.5. The normalized spacial score (nSPS) is 11.4. The van der Waals surface area contributed by atoms with Crippen LogP contribution in [0.5, 0.6) is 11.5 Å². The molecule has 2 amide bonds. The van der Waals surface area contributed by atoms with Crippen molar-refractivity contribution < 1.29 is 19.1 Å². The number of nitriles is 1. The van der Waals surface area contributed by atoms with Crippen LogP contribution >= 0.6 is 0 Å². The molecular formula is C23H25N3O4. The lowest BCUT2D eigenvalue weighted by Crippen LogP contribution is -2.24. The number of benzene rings is 2. The molecule has 0 aliphatic carbocycles. The van der Waals surface area contributed by atoms with Crippen molar-refractivity contribution in [2.45, 2.75) is 26.3 Å². The highest BCUT2D eigenvalue weighted by Gasteiger charge is 2.09. The summed E-state index contributed by atoms with van der Waals surface area (Å²) in [7, 11) is 1.51. The molecule has 2 aromatic rings. The second-order valence-corrected chi connectivity index (χ2v) is 6.44. The van der Waals surface area contributed by atoms with Gasteiger partial charge in [0.15, 0.2) is 18.1 Å². The number of nitrogens with zero attached hydrogens (tertiary/aromatic N) is 1. The smallest absolute Gasteiger partial charge is 0.244 e. The van der Waals surface area contributed by atoms with Gasteiger partial charge >= 0.3 is 0 Å². The van der Waals surface area contributed by atoms with E-state index in [0.29, 0.717) is 17.9 Å². The molecule has 0 aromatic heterocycles. The molecule has 2 rings (SSSR count). The van der Waals surface area contributed by atoms with Crippen molar-refractivity contribution in [2.75, 3.05) is 19.0 Å². The van der Waals surface area contributed by atoms with Gasteiger partial charge in [0.25, 0.3) is 0 Å². The maximum atomic E-state index is 12.3. The summed E-state index contributed by atoms with van der Waals surface area (Å²) in [5.74, 6) is 0.662. The van der Waals surface area contributed by atoms with Gasteiger partial charge in [-0.15, -0.1) is 0 Å². The van der Waals surface area contributed by atoms with E-state index in [1.54, 1.807) is 31.2 Å². The summed E-state index contributed by atoms with van der Waals surface area (Å²) in [5.41, 5.74) is 2.40. The standard InChI is InChI=1S/C23H25N3O4/c1-4-22(27)26-19-9-7-18(8-10-19)16(2)25-23(28)12-6-17-5-11-20(30-14-13-24)21(15-17)29-3/h5-12,15-16H,4,14H2,1-3H3,(H,25,28)(H,26,27)/b12-6+. The van der Waals surface area contributed by atoms with Gasteiger partial charge < -0.3 is 20.1 Å². The molecule has 156 valence electrons. The van der Waals surface area contributed by atoms with E-state index in [1.165, 1.54) is 13.2 Å². The lowest BCUT2D eigenvalue weighted by molar-refractivity contribution is -0.117. The Morgan fingerprint density at radius 2 is 1.90 bits per heavy atom. The van der Waals surface area contributed by atoms with Gasteiger partial charge in [-0.25, -0.2) is 0 Å². The van der Waals surface area contributed by atoms with Crippen molar-refractivity contribution >= 4 is 23.6 Å². The molecule has 0 saturated heterocycles. The highest BCUT2D eigenvalue weighted by Crippen LogP contribution is 2.28. The minimum Gasteiger partial charge on any atom is -0.493 e. The number of carbonyl (C=O) groups excluding carboxylic acids is 2. The molecule has 7 nitrogen and oxygen atoms in total. The molecule has 2 N–H and O–H groups in total. The molecule has 0 heterocycles. The van der Waals surface area contributed by atoms with E-state index in [1.807, 2.05) is 37.3 Å². The van der Waals surface area contributed by atoms with Crippen LogP contribution in [-0.2, 0) is 9.59 Å². The molecule has 30 heavy (non-hydrogen) atoms. The molecule has 1 unspecified atom stereocenters. The van der Waals surface area contributed by atoms with Crippen molar-refractivity contribution in [2.24, 2.45) is 0 Å². The van der Waals surface area contributed by atoms with Crippen LogP contribution in [0.2, 0.25) is 0 Å². The van der Waals surface area contributed by atoms with E-state index >= 15 is 0 Å². The molecule has 7 heteroatoms. The molecule has 0 fully saturated rings. The third-order valence-corrected chi connectivity index (χ3v) is 4.28. The number of rotatable bonds is 9. The van der Waals surface area contributed by atoms with Crippen LogP contribution in [0.4, 0.5) is 5.69 Å². The fraction of sp³-hybridized carbons (Fsp3) is 0.261. The Balaban J connectivity index is 1.97. The van der Waals surface area contributed by atoms with Gasteiger partial charge in [0.1, 0.15) is 6.07 Å². The molecule has 0 spiro atoms. The van der Waals surface area contributed by atoms with E-state index in [0.717, 1.165) is 16.8 Å². The van der Waals surface area contributed by atoms with Crippen molar-refractivity contribution in [3.63, 3.8) is 0 Å². The van der Waals surface area contributed by atoms with Crippen molar-refractivity contribution in [3.05, 3.63) is 59.7 Å². The quantitative estimate of drug-likeness (QED) is 0.615. The van der Waals surface area contributed by atoms with Crippen LogP contribution in [0.15, 0.2) is 48.5 Å². The van der Waals surface area contributed by atoms with Crippen LogP contribution in [-0.4, -0.2) is 25.5 Å². The first-order valence-electron chi connectivity index (χ1n) is 9.53. The summed E-state index contributed by atoms with van der Waals surface area (Å²) in [4.78, 5) is 23.7. The van der Waals surface area contributed by atoms with Crippen LogP contribution < -0.4 is 20.1 Å². The van der Waals surface area contributed by atoms with Gasteiger partial charge in [-0.3, -0.25) is 9.59 Å². The Hall–Kier alpha value is -3.79. The average molecular weight is 407 g/mol. The Kier molecular flexibility index (Phi) is 8.45. The number of nitrogens with one attached hydrogen (secondary N) is 2. The minimum absolute atomic E-state index is 0.0458. The second kappa shape index (κ2) is 11.3. The van der Waals surface area contributed by atoms with E-state index in [9.17, 15) is 9.59 Å². The number of carbonyl (C=O) groups is 2. The van der Waals surface area contributed by atoms with Gasteiger partial charge in [0.2, 0.25) is 11.8 Å². The number of anilines is 1. The molecule has 2 aromatic carbocycles. The highest BCUT2D eigenvalue weighted by molar-refractivity contribution is 5.92. The van der Waals surface area contributed by atoms with Gasteiger partial charge in [-0.1, -0.05) is 25.1 Å². The van der Waals surface area contributed by atoms with Gasteiger partial charge in [0.05, 0.1) is 13.2 Å². The van der Waals surface area contributed by atoms with E-state index < -0.39 is 0 Å². The van der Waals surface area contributed by atoms with E-state index in [4.69, 9.17) is 14.7 Å². The summed E-state index contributed by atoms with van der Waals surface area (Å²) in [6.45, 7) is 3.61. The maximum absolute atomic E-state index is 12.3. The van der Waals surface area contributed by atoms with Crippen LogP contribution in [0.25, 0.3) is 6.08 Å². The summed E-state index contributed by atoms with van der Waals surface area (Å²) in [5, 5.41) is 14.3. The Bertz CT molecular complexity index is 946. The third-order valence-electron chi connectivity index (χ3n) is 4.28. The van der Waals surface area contributed by atoms with Gasteiger partial charge in [-0.2, -0.15) is 5.26 Å². The first kappa shape index (κ1) is 22.5. The molecule has 0 radical (unpaired) electrons. The lowest BCUT2D eigenvalue weighted by atomic mass is 10.1. The minimum atomic E-state index is -0.241. The highest BCUT2D eigenvalue weighted by atomic mass is 16.5. The molecule has 0 aliphatic heterocycles. The van der Waals surface area contributed by atoms with Crippen LogP contribution in [0.1, 0.15) is 37.4 Å². The summed E-state index contributed by atoms with van der Waals surface area (Å²) >= 11 is 0. The summed E-state index contributed by atoms with van der Waals surface area (Å²) in [6, 6.07) is 14.2. The predicted octanol–water partition coefficient (Wildman–Crippen LogP) is 3.84. The molecule has 1 atom stereocenters. The Morgan fingerprint density at radius 3 is 2.53 bits per heavy atom. The number of ether oxygens (including phenoxy) is 2. The first-order chi connectivity index (χ1) is 14.5. The zero-order chi connectivity index (χ0) is 21.9. The molecule has 0 saturated carbocycles. The zero-order valence-corrected chi connectivity index (χ0v) is 17.3. The first-order valence-corrected chi connectivity index (χ1v) is 9.53. The largest absolute Gasteiger partial charge is 0.493 e. The topological polar surface area (TPSA) is 100 Å².